The Morgan fingerprint density at radius 3 is 2.05 bits per heavy atom. The second kappa shape index (κ2) is 12.2. The van der Waals surface area contributed by atoms with E-state index in [2.05, 4.69) is 6.08 Å². The molecule has 216 valence electrons. The number of ether oxygens (including phenoxy) is 2. The van der Waals surface area contributed by atoms with Gasteiger partial charge in [-0.15, -0.1) is 0 Å². The van der Waals surface area contributed by atoms with Gasteiger partial charge in [0.25, 0.3) is 17.3 Å². The predicted octanol–water partition coefficient (Wildman–Crippen LogP) is 6.74. The van der Waals surface area contributed by atoms with E-state index in [0.29, 0.717) is 19.0 Å². The highest BCUT2D eigenvalue weighted by Crippen LogP contribution is 2.45. The molecular formula is C31H30N4O7. The largest absolute Gasteiger partial charge is 0.494 e. The fourth-order valence-electron chi connectivity index (χ4n) is 5.52. The summed E-state index contributed by atoms with van der Waals surface area (Å²) in [4.78, 5) is 35.5. The monoisotopic (exact) mass is 570 g/mol. The second-order valence-corrected chi connectivity index (χ2v) is 10.0. The average molecular weight is 571 g/mol. The third-order valence-electron chi connectivity index (χ3n) is 7.35. The van der Waals surface area contributed by atoms with Crippen LogP contribution in [0.4, 0.5) is 11.4 Å². The quantitative estimate of drug-likeness (QED) is 0.205. The molecule has 0 spiro atoms. The van der Waals surface area contributed by atoms with Gasteiger partial charge in [-0.25, -0.2) is 5.01 Å². The van der Waals surface area contributed by atoms with Gasteiger partial charge in [-0.1, -0.05) is 24.3 Å². The molecule has 0 bridgehead atoms. The van der Waals surface area contributed by atoms with Gasteiger partial charge in [0.15, 0.2) is 0 Å². The molecule has 0 saturated heterocycles. The van der Waals surface area contributed by atoms with Crippen LogP contribution >= 0.6 is 0 Å². The fraction of sp³-hybridized carbons (Fsp3) is 0.290. The topological polar surface area (TPSA) is 137 Å². The Labute approximate surface area is 242 Å². The van der Waals surface area contributed by atoms with Crippen LogP contribution in [0.1, 0.15) is 60.6 Å². The van der Waals surface area contributed by atoms with Crippen LogP contribution in [-0.2, 0) is 0 Å². The first-order chi connectivity index (χ1) is 20.3. The molecule has 11 nitrogen and oxygen atoms in total. The highest BCUT2D eigenvalue weighted by Gasteiger charge is 2.44. The third-order valence-corrected chi connectivity index (χ3v) is 7.35. The number of nitrogens with zero attached hydrogens (tertiary/aromatic N) is 4. The average Bonchev–Trinajstić information content (AvgIpc) is 3.39. The Bertz CT molecular complexity index is 1530. The number of nitro groups is 2. The van der Waals surface area contributed by atoms with Crippen molar-refractivity contribution in [3.05, 3.63) is 109 Å². The molecule has 1 fully saturated rings. The first kappa shape index (κ1) is 28.5. The molecule has 5 rings (SSSR count). The Balaban J connectivity index is 1.58. The van der Waals surface area contributed by atoms with Crippen LogP contribution in [0.15, 0.2) is 77.4 Å². The summed E-state index contributed by atoms with van der Waals surface area (Å²) in [6, 6.07) is 17.6. The van der Waals surface area contributed by atoms with Crippen LogP contribution in [-0.4, -0.2) is 39.7 Å². The van der Waals surface area contributed by atoms with Crippen molar-refractivity contribution >= 4 is 29.1 Å². The lowest BCUT2D eigenvalue weighted by molar-refractivity contribution is -0.394. The minimum absolute atomic E-state index is 0.136. The Kier molecular flexibility index (Phi) is 8.28. The predicted molar refractivity (Wildman–Crippen MR) is 157 cm³/mol. The second-order valence-electron chi connectivity index (χ2n) is 10.0. The van der Waals surface area contributed by atoms with Gasteiger partial charge in [-0.2, -0.15) is 5.10 Å². The van der Waals surface area contributed by atoms with Gasteiger partial charge < -0.3 is 9.47 Å². The maximum absolute atomic E-state index is 14.0. The summed E-state index contributed by atoms with van der Waals surface area (Å²) in [5.74, 6) is 0.677. The van der Waals surface area contributed by atoms with E-state index in [-0.39, 0.29) is 11.5 Å². The molecule has 3 aromatic rings. The van der Waals surface area contributed by atoms with E-state index in [1.165, 1.54) is 5.01 Å². The van der Waals surface area contributed by atoms with Crippen molar-refractivity contribution in [1.29, 1.82) is 0 Å². The minimum Gasteiger partial charge on any atom is -0.494 e. The number of non-ortho nitro benzene ring substituents is 2. The van der Waals surface area contributed by atoms with E-state index in [4.69, 9.17) is 14.6 Å². The smallest absolute Gasteiger partial charge is 0.277 e. The van der Waals surface area contributed by atoms with Crippen LogP contribution in [0.3, 0.4) is 0 Å². The summed E-state index contributed by atoms with van der Waals surface area (Å²) < 4.78 is 11.2. The fourth-order valence-corrected chi connectivity index (χ4v) is 5.52. The number of carbonyl (C=O) groups is 1. The lowest BCUT2D eigenvalue weighted by atomic mass is 9.77. The number of allylic oxidation sites excluding steroid dienone is 1. The molecule has 0 aromatic heterocycles. The van der Waals surface area contributed by atoms with Gasteiger partial charge in [-0.3, -0.25) is 25.0 Å². The number of hydrogen-bond donors (Lipinski definition) is 0. The number of amides is 1. The molecule has 1 saturated carbocycles. The van der Waals surface area contributed by atoms with Crippen LogP contribution < -0.4 is 9.47 Å². The van der Waals surface area contributed by atoms with Gasteiger partial charge >= 0.3 is 0 Å². The maximum Gasteiger partial charge on any atom is 0.277 e. The molecular weight excluding hydrogens is 540 g/mol. The van der Waals surface area contributed by atoms with Gasteiger partial charge in [-0.05, 0) is 80.2 Å². The summed E-state index contributed by atoms with van der Waals surface area (Å²) in [7, 11) is 0. The van der Waals surface area contributed by atoms with Crippen molar-refractivity contribution in [3.63, 3.8) is 0 Å². The summed E-state index contributed by atoms with van der Waals surface area (Å²) in [6.45, 7) is 4.90. The zero-order valence-corrected chi connectivity index (χ0v) is 23.3. The Morgan fingerprint density at radius 2 is 1.50 bits per heavy atom. The van der Waals surface area contributed by atoms with Crippen LogP contribution in [0.2, 0.25) is 0 Å². The number of carbonyl (C=O) groups excluding carboxylic acids is 1. The number of fused-ring (bicyclic) bond motifs is 1. The SMILES string of the molecule is CCOc1ccc(/C=C2\CCC[C@H]3C2=NN(C(=O)c2cc([N+](=O)[O-])cc([N+](=O)[O-])c2)[C@@H]3c2ccc(OCC)cc2)cc1. The summed E-state index contributed by atoms with van der Waals surface area (Å²) in [5.41, 5.74) is 2.29. The third kappa shape index (κ3) is 5.85. The van der Waals surface area contributed by atoms with Gasteiger partial charge in [0, 0.05) is 18.1 Å². The van der Waals surface area contributed by atoms with Gasteiger partial charge in [0.05, 0.1) is 46.4 Å². The number of hydrazone groups is 1. The number of nitro benzene ring substituents is 2. The molecule has 1 amide bonds. The van der Waals surface area contributed by atoms with E-state index in [1.807, 2.05) is 62.4 Å². The van der Waals surface area contributed by atoms with E-state index < -0.39 is 33.2 Å². The van der Waals surface area contributed by atoms with E-state index in [1.54, 1.807) is 0 Å². The molecule has 2 aliphatic rings. The van der Waals surface area contributed by atoms with Gasteiger partial charge in [0.1, 0.15) is 11.5 Å². The summed E-state index contributed by atoms with van der Waals surface area (Å²) in [5, 5.41) is 29.2. The lowest BCUT2D eigenvalue weighted by Gasteiger charge is -2.29. The number of hydrogen-bond acceptors (Lipinski definition) is 8. The van der Waals surface area contributed by atoms with Crippen LogP contribution in [0.5, 0.6) is 11.5 Å². The molecule has 0 unspecified atom stereocenters. The molecule has 0 radical (unpaired) electrons. The van der Waals surface area contributed by atoms with Crippen molar-refractivity contribution in [2.75, 3.05) is 13.2 Å². The van der Waals surface area contributed by atoms with Crippen molar-refractivity contribution in [2.24, 2.45) is 11.0 Å². The van der Waals surface area contributed by atoms with Crippen molar-refractivity contribution < 1.29 is 24.1 Å². The zero-order chi connectivity index (χ0) is 29.8. The summed E-state index contributed by atoms with van der Waals surface area (Å²) in [6.07, 6.45) is 4.48. The molecule has 1 heterocycles. The first-order valence-corrected chi connectivity index (χ1v) is 13.8. The number of benzene rings is 3. The Hall–Kier alpha value is -5.06. The van der Waals surface area contributed by atoms with E-state index in [9.17, 15) is 25.0 Å². The molecule has 11 heteroatoms. The van der Waals surface area contributed by atoms with Crippen LogP contribution in [0.25, 0.3) is 6.08 Å². The van der Waals surface area contributed by atoms with E-state index in [0.717, 1.165) is 65.6 Å². The van der Waals surface area contributed by atoms with Crippen molar-refractivity contribution in [1.82, 2.24) is 5.01 Å². The van der Waals surface area contributed by atoms with Crippen molar-refractivity contribution in [3.8, 4) is 11.5 Å². The molecule has 1 aliphatic carbocycles. The highest BCUT2D eigenvalue weighted by molar-refractivity contribution is 6.09. The summed E-state index contributed by atoms with van der Waals surface area (Å²) >= 11 is 0. The first-order valence-electron chi connectivity index (χ1n) is 13.8. The molecule has 3 aromatic carbocycles. The van der Waals surface area contributed by atoms with E-state index >= 15 is 0 Å². The lowest BCUT2D eigenvalue weighted by Crippen LogP contribution is -2.32. The molecule has 42 heavy (non-hydrogen) atoms. The minimum atomic E-state index is -0.749. The van der Waals surface area contributed by atoms with Crippen molar-refractivity contribution in [2.45, 2.75) is 39.2 Å². The van der Waals surface area contributed by atoms with Crippen LogP contribution in [0, 0.1) is 26.1 Å². The molecule has 1 aliphatic heterocycles. The van der Waals surface area contributed by atoms with Gasteiger partial charge in [0.2, 0.25) is 0 Å². The highest BCUT2D eigenvalue weighted by atomic mass is 16.6. The Morgan fingerprint density at radius 1 is 0.929 bits per heavy atom. The normalized spacial score (nSPS) is 18.8. The number of rotatable bonds is 9. The molecule has 2 atom stereocenters. The maximum atomic E-state index is 14.0. The zero-order valence-electron chi connectivity index (χ0n) is 23.3. The standard InChI is InChI=1S/C31H30N4O7/c1-3-41-26-12-8-20(9-13-26)16-22-6-5-7-28-29(22)32-33(30(28)21-10-14-27(15-11-21)42-4-2)31(36)23-17-24(34(37)38)19-25(18-23)35(39)40/h8-19,28,30H,3-7H2,1-2H3/b22-16+/t28-,30+/m0/s1. The molecule has 0 N–H and O–H groups in total.